The first kappa shape index (κ1) is 12.2. The Morgan fingerprint density at radius 3 is 2.61 bits per heavy atom. The molecule has 0 aliphatic carbocycles. The standard InChI is InChI=1S/C15H23N3/c1-13-4-2-3-5-14(13)10-17-11-15(12-17)18-8-6-16-7-9-18/h2-5,15-16H,6-12H2,1H3. The minimum atomic E-state index is 0.802. The summed E-state index contributed by atoms with van der Waals surface area (Å²) in [6.07, 6.45) is 0. The van der Waals surface area contributed by atoms with Crippen molar-refractivity contribution in [3.05, 3.63) is 35.4 Å². The Kier molecular flexibility index (Phi) is 3.64. The van der Waals surface area contributed by atoms with Crippen molar-refractivity contribution in [1.82, 2.24) is 15.1 Å². The monoisotopic (exact) mass is 245 g/mol. The van der Waals surface area contributed by atoms with Gasteiger partial charge in [0.1, 0.15) is 0 Å². The van der Waals surface area contributed by atoms with Crippen LogP contribution in [-0.2, 0) is 6.54 Å². The van der Waals surface area contributed by atoms with Crippen LogP contribution in [0.3, 0.4) is 0 Å². The first-order valence-electron chi connectivity index (χ1n) is 7.04. The third-order valence-electron chi connectivity index (χ3n) is 4.26. The maximum Gasteiger partial charge on any atom is 0.0351 e. The first-order chi connectivity index (χ1) is 8.83. The van der Waals surface area contributed by atoms with E-state index in [1.54, 1.807) is 0 Å². The van der Waals surface area contributed by atoms with Crippen LogP contribution in [0.5, 0.6) is 0 Å². The van der Waals surface area contributed by atoms with E-state index in [1.165, 1.54) is 37.3 Å². The summed E-state index contributed by atoms with van der Waals surface area (Å²) in [5.41, 5.74) is 2.90. The van der Waals surface area contributed by atoms with Crippen molar-refractivity contribution in [3.8, 4) is 0 Å². The van der Waals surface area contributed by atoms with Gasteiger partial charge in [0.05, 0.1) is 0 Å². The Morgan fingerprint density at radius 2 is 1.89 bits per heavy atom. The molecule has 2 fully saturated rings. The fourth-order valence-electron chi connectivity index (χ4n) is 2.98. The van der Waals surface area contributed by atoms with E-state index in [1.807, 2.05) is 0 Å². The molecule has 2 aliphatic rings. The van der Waals surface area contributed by atoms with Crippen LogP contribution < -0.4 is 5.32 Å². The summed E-state index contributed by atoms with van der Waals surface area (Å²) in [6.45, 7) is 10.6. The molecule has 3 heteroatoms. The number of benzene rings is 1. The Balaban J connectivity index is 1.49. The van der Waals surface area contributed by atoms with E-state index >= 15 is 0 Å². The van der Waals surface area contributed by atoms with Crippen LogP contribution in [-0.4, -0.2) is 55.1 Å². The zero-order chi connectivity index (χ0) is 12.4. The molecule has 0 bridgehead atoms. The molecule has 2 saturated heterocycles. The molecular weight excluding hydrogens is 222 g/mol. The highest BCUT2D eigenvalue weighted by Crippen LogP contribution is 2.19. The van der Waals surface area contributed by atoms with Crippen LogP contribution in [0.25, 0.3) is 0 Å². The lowest BCUT2D eigenvalue weighted by molar-refractivity contribution is 0.0222. The fourth-order valence-corrected chi connectivity index (χ4v) is 2.98. The van der Waals surface area contributed by atoms with Gasteiger partial charge < -0.3 is 5.32 Å². The lowest BCUT2D eigenvalue weighted by Crippen LogP contribution is -2.62. The highest BCUT2D eigenvalue weighted by molar-refractivity contribution is 5.25. The Morgan fingerprint density at radius 1 is 1.17 bits per heavy atom. The molecule has 98 valence electrons. The number of hydrogen-bond acceptors (Lipinski definition) is 3. The van der Waals surface area contributed by atoms with E-state index in [-0.39, 0.29) is 0 Å². The molecule has 0 unspecified atom stereocenters. The number of nitrogens with zero attached hydrogens (tertiary/aromatic N) is 2. The summed E-state index contributed by atoms with van der Waals surface area (Å²) in [5, 5.41) is 3.42. The number of rotatable bonds is 3. The van der Waals surface area contributed by atoms with Crippen LogP contribution in [0.4, 0.5) is 0 Å². The summed E-state index contributed by atoms with van der Waals surface area (Å²) >= 11 is 0. The average molecular weight is 245 g/mol. The van der Waals surface area contributed by atoms with Gasteiger partial charge in [-0.25, -0.2) is 0 Å². The summed E-state index contributed by atoms with van der Waals surface area (Å²) in [7, 11) is 0. The van der Waals surface area contributed by atoms with Gasteiger partial charge >= 0.3 is 0 Å². The van der Waals surface area contributed by atoms with Gasteiger partial charge in [-0.3, -0.25) is 9.80 Å². The van der Waals surface area contributed by atoms with Gasteiger partial charge in [-0.05, 0) is 18.1 Å². The lowest BCUT2D eigenvalue weighted by Gasteiger charge is -2.47. The molecule has 2 aliphatic heterocycles. The van der Waals surface area contributed by atoms with Gasteiger partial charge in [0, 0.05) is 51.9 Å². The van der Waals surface area contributed by atoms with Gasteiger partial charge in [0.25, 0.3) is 0 Å². The van der Waals surface area contributed by atoms with E-state index in [0.717, 1.165) is 25.7 Å². The summed E-state index contributed by atoms with van der Waals surface area (Å²) in [6, 6.07) is 9.54. The molecule has 1 aromatic carbocycles. The molecule has 0 atom stereocenters. The van der Waals surface area contributed by atoms with E-state index in [2.05, 4.69) is 46.3 Å². The fraction of sp³-hybridized carbons (Fsp3) is 0.600. The van der Waals surface area contributed by atoms with Crippen molar-refractivity contribution in [2.24, 2.45) is 0 Å². The number of hydrogen-bond donors (Lipinski definition) is 1. The van der Waals surface area contributed by atoms with Crippen LogP contribution in [0, 0.1) is 6.92 Å². The molecule has 0 radical (unpaired) electrons. The number of aryl methyl sites for hydroxylation is 1. The van der Waals surface area contributed by atoms with E-state index in [9.17, 15) is 0 Å². The molecule has 1 N–H and O–H groups in total. The zero-order valence-electron chi connectivity index (χ0n) is 11.2. The molecule has 0 aromatic heterocycles. The van der Waals surface area contributed by atoms with Gasteiger partial charge in [-0.2, -0.15) is 0 Å². The molecule has 2 heterocycles. The quantitative estimate of drug-likeness (QED) is 0.860. The van der Waals surface area contributed by atoms with Crippen LogP contribution >= 0.6 is 0 Å². The summed E-state index contributed by atoms with van der Waals surface area (Å²) in [4.78, 5) is 5.21. The van der Waals surface area contributed by atoms with Crippen LogP contribution in [0.2, 0.25) is 0 Å². The molecule has 0 saturated carbocycles. The van der Waals surface area contributed by atoms with Crippen molar-refractivity contribution in [3.63, 3.8) is 0 Å². The van der Waals surface area contributed by atoms with Gasteiger partial charge in [0.15, 0.2) is 0 Å². The van der Waals surface area contributed by atoms with Gasteiger partial charge in [0.2, 0.25) is 0 Å². The molecule has 3 nitrogen and oxygen atoms in total. The Hall–Kier alpha value is -0.900. The molecule has 0 amide bonds. The zero-order valence-corrected chi connectivity index (χ0v) is 11.2. The smallest absolute Gasteiger partial charge is 0.0351 e. The van der Waals surface area contributed by atoms with Crippen molar-refractivity contribution in [2.45, 2.75) is 19.5 Å². The number of nitrogens with one attached hydrogen (secondary N) is 1. The first-order valence-corrected chi connectivity index (χ1v) is 7.04. The van der Waals surface area contributed by atoms with E-state index in [0.29, 0.717) is 0 Å². The molecule has 1 aromatic rings. The minimum Gasteiger partial charge on any atom is -0.314 e. The maximum atomic E-state index is 3.42. The molecule has 3 rings (SSSR count). The number of piperazine rings is 1. The predicted octanol–water partition coefficient (Wildman–Crippen LogP) is 1.08. The predicted molar refractivity (Wildman–Crippen MR) is 74.7 cm³/mol. The van der Waals surface area contributed by atoms with Gasteiger partial charge in [-0.15, -0.1) is 0 Å². The second-order valence-corrected chi connectivity index (χ2v) is 5.56. The highest BCUT2D eigenvalue weighted by atomic mass is 15.3. The summed E-state index contributed by atoms with van der Waals surface area (Å²) < 4.78 is 0. The third-order valence-corrected chi connectivity index (χ3v) is 4.26. The third kappa shape index (κ3) is 2.58. The molecular formula is C15H23N3. The minimum absolute atomic E-state index is 0.802. The Labute approximate surface area is 110 Å². The van der Waals surface area contributed by atoms with Gasteiger partial charge in [-0.1, -0.05) is 24.3 Å². The Bertz CT molecular complexity index is 392. The normalized spacial score (nSPS) is 22.9. The molecule has 18 heavy (non-hydrogen) atoms. The maximum absolute atomic E-state index is 3.42. The van der Waals surface area contributed by atoms with Crippen molar-refractivity contribution in [2.75, 3.05) is 39.3 Å². The topological polar surface area (TPSA) is 18.5 Å². The van der Waals surface area contributed by atoms with Crippen LogP contribution in [0.15, 0.2) is 24.3 Å². The second-order valence-electron chi connectivity index (χ2n) is 5.56. The van der Waals surface area contributed by atoms with Crippen molar-refractivity contribution in [1.29, 1.82) is 0 Å². The second kappa shape index (κ2) is 5.39. The SMILES string of the molecule is Cc1ccccc1CN1CC(N2CCNCC2)C1. The largest absolute Gasteiger partial charge is 0.314 e. The summed E-state index contributed by atoms with van der Waals surface area (Å²) in [5.74, 6) is 0. The van der Waals surface area contributed by atoms with E-state index in [4.69, 9.17) is 0 Å². The average Bonchev–Trinajstić information content (AvgIpc) is 2.36. The van der Waals surface area contributed by atoms with E-state index < -0.39 is 0 Å². The van der Waals surface area contributed by atoms with Crippen LogP contribution in [0.1, 0.15) is 11.1 Å². The molecule has 0 spiro atoms. The van der Waals surface area contributed by atoms with Crippen molar-refractivity contribution < 1.29 is 0 Å². The highest BCUT2D eigenvalue weighted by Gasteiger charge is 2.32. The lowest BCUT2D eigenvalue weighted by atomic mass is 10.0. The van der Waals surface area contributed by atoms with Crippen molar-refractivity contribution >= 4 is 0 Å². The number of likely N-dealkylation sites (tertiary alicyclic amines) is 1.